The summed E-state index contributed by atoms with van der Waals surface area (Å²) >= 11 is 11.9. The van der Waals surface area contributed by atoms with Gasteiger partial charge in [0.2, 0.25) is 0 Å². The molecule has 1 aliphatic rings. The molecule has 4 nitrogen and oxygen atoms in total. The Morgan fingerprint density at radius 1 is 1.35 bits per heavy atom. The van der Waals surface area contributed by atoms with Gasteiger partial charge in [-0.1, -0.05) is 42.5 Å². The third-order valence-electron chi connectivity index (χ3n) is 3.67. The minimum absolute atomic E-state index is 0.0569. The van der Waals surface area contributed by atoms with Crippen LogP contribution in [0.4, 0.5) is 0 Å². The van der Waals surface area contributed by atoms with Crippen LogP contribution in [0.1, 0.15) is 42.5 Å². The van der Waals surface area contributed by atoms with Gasteiger partial charge in [-0.15, -0.1) is 0 Å². The maximum absolute atomic E-state index is 12.7. The van der Waals surface area contributed by atoms with Gasteiger partial charge in [0.1, 0.15) is 5.15 Å². The number of amides is 1. The molecule has 0 atom stereocenters. The number of rotatable bonds is 4. The average Bonchev–Trinajstić information content (AvgIpc) is 2.47. The lowest BCUT2D eigenvalue weighted by Gasteiger charge is -2.34. The largest absolute Gasteiger partial charge is 0.395 e. The van der Waals surface area contributed by atoms with Crippen LogP contribution in [0.25, 0.3) is 0 Å². The zero-order chi connectivity index (χ0) is 14.5. The van der Waals surface area contributed by atoms with E-state index in [1.165, 1.54) is 18.7 Å². The maximum atomic E-state index is 12.7. The van der Waals surface area contributed by atoms with Crippen molar-refractivity contribution >= 4 is 29.1 Å². The molecule has 1 heterocycles. The minimum atomic E-state index is -0.180. The van der Waals surface area contributed by atoms with Gasteiger partial charge in [-0.05, 0) is 18.9 Å². The number of aliphatic hydroxyl groups is 1. The van der Waals surface area contributed by atoms with Crippen molar-refractivity contribution in [2.45, 2.75) is 38.1 Å². The number of nitrogens with zero attached hydrogens (tertiary/aromatic N) is 2. The molecule has 6 heteroatoms. The van der Waals surface area contributed by atoms with Gasteiger partial charge in [0, 0.05) is 18.8 Å². The van der Waals surface area contributed by atoms with Crippen LogP contribution in [0, 0.1) is 0 Å². The summed E-state index contributed by atoms with van der Waals surface area (Å²) in [4.78, 5) is 18.2. The lowest BCUT2D eigenvalue weighted by Crippen LogP contribution is -2.43. The quantitative estimate of drug-likeness (QED) is 0.868. The molecular weight excluding hydrogens is 299 g/mol. The molecule has 0 saturated heterocycles. The van der Waals surface area contributed by atoms with Crippen LogP contribution in [0.2, 0.25) is 10.2 Å². The fourth-order valence-electron chi connectivity index (χ4n) is 2.68. The normalized spacial score (nSPS) is 16.1. The highest BCUT2D eigenvalue weighted by Crippen LogP contribution is 2.26. The first-order valence-electron chi connectivity index (χ1n) is 6.86. The third-order valence-corrected chi connectivity index (χ3v) is 4.18. The number of hydrogen-bond donors (Lipinski definition) is 1. The highest BCUT2D eigenvalue weighted by molar-refractivity contribution is 6.35. The Kier molecular flexibility index (Phi) is 5.64. The van der Waals surface area contributed by atoms with Gasteiger partial charge < -0.3 is 10.0 Å². The van der Waals surface area contributed by atoms with Crippen molar-refractivity contribution < 1.29 is 9.90 Å². The predicted molar refractivity (Wildman–Crippen MR) is 79.3 cm³/mol. The van der Waals surface area contributed by atoms with Crippen LogP contribution in [0.15, 0.2) is 12.3 Å². The van der Waals surface area contributed by atoms with E-state index < -0.39 is 0 Å². The maximum Gasteiger partial charge on any atom is 0.255 e. The number of aliphatic hydroxyl groups excluding tert-OH is 1. The van der Waals surface area contributed by atoms with Gasteiger partial charge in [0.15, 0.2) is 0 Å². The molecule has 1 N–H and O–H groups in total. The first-order chi connectivity index (χ1) is 9.63. The van der Waals surface area contributed by atoms with Gasteiger partial charge in [-0.2, -0.15) is 0 Å². The van der Waals surface area contributed by atoms with Crippen molar-refractivity contribution in [2.75, 3.05) is 13.2 Å². The van der Waals surface area contributed by atoms with E-state index in [1.54, 1.807) is 4.90 Å². The molecule has 1 amide bonds. The molecule has 1 saturated carbocycles. The lowest BCUT2D eigenvalue weighted by molar-refractivity contribution is 0.0585. The molecule has 0 bridgehead atoms. The Labute approximate surface area is 128 Å². The Bertz CT molecular complexity index is 476. The number of hydrogen-bond acceptors (Lipinski definition) is 3. The molecule has 110 valence electrons. The van der Waals surface area contributed by atoms with E-state index in [9.17, 15) is 9.90 Å². The Morgan fingerprint density at radius 2 is 2.05 bits per heavy atom. The highest BCUT2D eigenvalue weighted by Gasteiger charge is 2.27. The summed E-state index contributed by atoms with van der Waals surface area (Å²) < 4.78 is 0. The molecule has 0 spiro atoms. The zero-order valence-electron chi connectivity index (χ0n) is 11.2. The number of pyridine rings is 1. The van der Waals surface area contributed by atoms with Crippen LogP contribution in [-0.4, -0.2) is 40.1 Å². The Morgan fingerprint density at radius 3 is 2.70 bits per heavy atom. The van der Waals surface area contributed by atoms with Crippen molar-refractivity contribution in [3.8, 4) is 0 Å². The molecule has 0 radical (unpaired) electrons. The fourth-order valence-corrected chi connectivity index (χ4v) is 3.02. The van der Waals surface area contributed by atoms with Gasteiger partial charge in [-0.3, -0.25) is 4.79 Å². The number of halogens is 2. The lowest BCUT2D eigenvalue weighted by atomic mass is 9.93. The summed E-state index contributed by atoms with van der Waals surface area (Å²) in [6, 6.07) is 1.66. The third kappa shape index (κ3) is 3.62. The Balaban J connectivity index is 2.23. The summed E-state index contributed by atoms with van der Waals surface area (Å²) in [5.41, 5.74) is 0.352. The molecule has 1 fully saturated rings. The van der Waals surface area contributed by atoms with E-state index in [2.05, 4.69) is 4.98 Å². The van der Waals surface area contributed by atoms with Gasteiger partial charge in [-0.25, -0.2) is 4.98 Å². The summed E-state index contributed by atoms with van der Waals surface area (Å²) in [6.07, 6.45) is 6.77. The molecule has 0 unspecified atom stereocenters. The van der Waals surface area contributed by atoms with Crippen molar-refractivity contribution in [3.63, 3.8) is 0 Å². The average molecular weight is 317 g/mol. The van der Waals surface area contributed by atoms with Crippen molar-refractivity contribution in [1.29, 1.82) is 0 Å². The van der Waals surface area contributed by atoms with Gasteiger partial charge >= 0.3 is 0 Å². The monoisotopic (exact) mass is 316 g/mol. The second kappa shape index (κ2) is 7.25. The van der Waals surface area contributed by atoms with Crippen LogP contribution in [0.5, 0.6) is 0 Å². The smallest absolute Gasteiger partial charge is 0.255 e. The first kappa shape index (κ1) is 15.5. The van der Waals surface area contributed by atoms with Crippen LogP contribution in [0.3, 0.4) is 0 Å². The summed E-state index contributed by atoms with van der Waals surface area (Å²) in [5, 5.41) is 9.75. The molecule has 1 aliphatic carbocycles. The SMILES string of the molecule is O=C(c1cc(Cl)ncc1Cl)N(CCO)C1CCCCC1. The van der Waals surface area contributed by atoms with E-state index in [4.69, 9.17) is 23.2 Å². The highest BCUT2D eigenvalue weighted by atomic mass is 35.5. The molecule has 0 aliphatic heterocycles. The first-order valence-corrected chi connectivity index (χ1v) is 7.62. The minimum Gasteiger partial charge on any atom is -0.395 e. The van der Waals surface area contributed by atoms with Gasteiger partial charge in [0.25, 0.3) is 5.91 Å². The van der Waals surface area contributed by atoms with Crippen molar-refractivity contribution in [3.05, 3.63) is 28.0 Å². The molecule has 20 heavy (non-hydrogen) atoms. The number of aromatic nitrogens is 1. The molecule has 1 aromatic rings. The number of carbonyl (C=O) groups is 1. The van der Waals surface area contributed by atoms with Crippen molar-refractivity contribution in [2.24, 2.45) is 0 Å². The zero-order valence-corrected chi connectivity index (χ0v) is 12.7. The standard InChI is InChI=1S/C14H18Cl2N2O2/c15-12-9-17-13(16)8-11(12)14(20)18(6-7-19)10-4-2-1-3-5-10/h8-10,19H,1-7H2. The van der Waals surface area contributed by atoms with E-state index in [1.807, 2.05) is 0 Å². The predicted octanol–water partition coefficient (Wildman–Crippen LogP) is 3.16. The van der Waals surface area contributed by atoms with E-state index in [0.717, 1.165) is 25.7 Å². The van der Waals surface area contributed by atoms with Crippen LogP contribution in [-0.2, 0) is 0 Å². The molecule has 1 aromatic heterocycles. The molecule has 2 rings (SSSR count). The van der Waals surface area contributed by atoms with Crippen molar-refractivity contribution in [1.82, 2.24) is 9.88 Å². The summed E-state index contributed by atoms with van der Waals surface area (Å²) in [6.45, 7) is 0.262. The van der Waals surface area contributed by atoms with E-state index >= 15 is 0 Å². The van der Waals surface area contributed by atoms with Crippen LogP contribution < -0.4 is 0 Å². The Hall–Kier alpha value is -0.840. The fraction of sp³-hybridized carbons (Fsp3) is 0.571. The second-order valence-electron chi connectivity index (χ2n) is 5.00. The second-order valence-corrected chi connectivity index (χ2v) is 5.80. The number of carbonyl (C=O) groups excluding carboxylic acids is 1. The van der Waals surface area contributed by atoms with Crippen LogP contribution >= 0.6 is 23.2 Å². The van der Waals surface area contributed by atoms with E-state index in [0.29, 0.717) is 12.1 Å². The molecule has 0 aromatic carbocycles. The van der Waals surface area contributed by atoms with Gasteiger partial charge in [0.05, 0.1) is 17.2 Å². The molecular formula is C14H18Cl2N2O2. The summed E-state index contributed by atoms with van der Waals surface area (Å²) in [7, 11) is 0. The van der Waals surface area contributed by atoms with E-state index in [-0.39, 0.29) is 28.7 Å². The summed E-state index contributed by atoms with van der Waals surface area (Å²) in [5.74, 6) is -0.180. The topological polar surface area (TPSA) is 53.4 Å².